The molecule has 0 unspecified atom stereocenters. The van der Waals surface area contributed by atoms with Crippen LogP contribution in [0.4, 0.5) is 0 Å². The monoisotopic (exact) mass is 284 g/mol. The largest absolute Gasteiger partial charge is 0.479 e. The van der Waals surface area contributed by atoms with Crippen LogP contribution in [0.25, 0.3) is 0 Å². The summed E-state index contributed by atoms with van der Waals surface area (Å²) in [6.45, 7) is 0.397. The highest BCUT2D eigenvalue weighted by atomic mass is 16.5. The molecular formula is C13H20N2O5. The van der Waals surface area contributed by atoms with Crippen LogP contribution >= 0.6 is 0 Å². The van der Waals surface area contributed by atoms with Crippen molar-refractivity contribution in [2.75, 3.05) is 6.54 Å². The Morgan fingerprint density at radius 1 is 1.10 bits per heavy atom. The molecule has 2 atom stereocenters. The number of carboxylic acids is 1. The molecule has 2 fully saturated rings. The minimum atomic E-state index is -1.03. The van der Waals surface area contributed by atoms with Crippen molar-refractivity contribution in [1.82, 2.24) is 10.6 Å². The lowest BCUT2D eigenvalue weighted by Crippen LogP contribution is -2.36. The maximum atomic E-state index is 11.7. The van der Waals surface area contributed by atoms with E-state index >= 15 is 0 Å². The van der Waals surface area contributed by atoms with Gasteiger partial charge in [-0.05, 0) is 32.1 Å². The second-order valence-electron chi connectivity index (χ2n) is 5.27. The molecule has 1 aliphatic heterocycles. The lowest BCUT2D eigenvalue weighted by atomic mass is 10.2. The molecule has 2 aliphatic rings. The number of rotatable bonds is 7. The molecule has 7 heteroatoms. The number of carboxylic acid groups (broad SMARTS) is 1. The molecule has 0 bridgehead atoms. The summed E-state index contributed by atoms with van der Waals surface area (Å²) in [5.41, 5.74) is 0. The Kier molecular flexibility index (Phi) is 4.94. The maximum absolute atomic E-state index is 11.7. The summed E-state index contributed by atoms with van der Waals surface area (Å²) in [6, 6.07) is 0.358. The molecular weight excluding hydrogens is 264 g/mol. The van der Waals surface area contributed by atoms with E-state index in [1.165, 1.54) is 0 Å². The minimum Gasteiger partial charge on any atom is -0.479 e. The number of aliphatic carboxylic acids is 1. The Balaban J connectivity index is 1.56. The maximum Gasteiger partial charge on any atom is 0.332 e. The van der Waals surface area contributed by atoms with Gasteiger partial charge in [0.05, 0.1) is 0 Å². The molecule has 20 heavy (non-hydrogen) atoms. The highest BCUT2D eigenvalue weighted by Crippen LogP contribution is 2.20. The summed E-state index contributed by atoms with van der Waals surface area (Å²) in [6.07, 6.45) is 2.30. The average molecular weight is 284 g/mol. The molecule has 2 amide bonds. The zero-order valence-corrected chi connectivity index (χ0v) is 11.3. The van der Waals surface area contributed by atoms with E-state index in [1.807, 2.05) is 0 Å². The van der Waals surface area contributed by atoms with Crippen molar-refractivity contribution in [3.63, 3.8) is 0 Å². The van der Waals surface area contributed by atoms with Gasteiger partial charge in [0.25, 0.3) is 0 Å². The minimum absolute atomic E-state index is 0.0183. The van der Waals surface area contributed by atoms with Gasteiger partial charge in [0.1, 0.15) is 6.10 Å². The van der Waals surface area contributed by atoms with E-state index in [1.54, 1.807) is 0 Å². The fraction of sp³-hybridized carbons (Fsp3) is 0.769. The van der Waals surface area contributed by atoms with E-state index in [-0.39, 0.29) is 11.8 Å². The van der Waals surface area contributed by atoms with Gasteiger partial charge in [0.15, 0.2) is 6.10 Å². The molecule has 1 aliphatic carbocycles. The highest BCUT2D eigenvalue weighted by molar-refractivity contribution is 5.82. The highest BCUT2D eigenvalue weighted by Gasteiger charge is 2.34. The number of carbonyl (C=O) groups excluding carboxylic acids is 2. The van der Waals surface area contributed by atoms with Gasteiger partial charge in [-0.1, -0.05) is 0 Å². The predicted octanol–water partition coefficient (Wildman–Crippen LogP) is -0.206. The van der Waals surface area contributed by atoms with E-state index in [4.69, 9.17) is 9.84 Å². The molecule has 3 N–H and O–H groups in total. The van der Waals surface area contributed by atoms with Crippen LogP contribution in [0.3, 0.4) is 0 Å². The van der Waals surface area contributed by atoms with E-state index in [0.29, 0.717) is 38.3 Å². The van der Waals surface area contributed by atoms with Crippen LogP contribution in [0.15, 0.2) is 0 Å². The van der Waals surface area contributed by atoms with Crippen LogP contribution in [-0.2, 0) is 19.1 Å². The first-order valence-electron chi connectivity index (χ1n) is 7.01. The Morgan fingerprint density at radius 2 is 1.80 bits per heavy atom. The summed E-state index contributed by atoms with van der Waals surface area (Å²) >= 11 is 0. The quantitative estimate of drug-likeness (QED) is 0.561. The van der Waals surface area contributed by atoms with Crippen LogP contribution in [-0.4, -0.2) is 47.7 Å². The zero-order valence-electron chi connectivity index (χ0n) is 11.3. The van der Waals surface area contributed by atoms with Crippen LogP contribution in [0.2, 0.25) is 0 Å². The van der Waals surface area contributed by atoms with Crippen LogP contribution < -0.4 is 10.6 Å². The summed E-state index contributed by atoms with van der Waals surface area (Å²) in [7, 11) is 0. The van der Waals surface area contributed by atoms with E-state index in [2.05, 4.69) is 10.6 Å². The lowest BCUT2D eigenvalue weighted by Gasteiger charge is -2.11. The number of hydrogen-bond donors (Lipinski definition) is 3. The SMILES string of the molecule is O=C(CCCNC(=O)[C@@H]1CC[C@H](C(=O)O)O1)NC1CC1. The van der Waals surface area contributed by atoms with Gasteiger partial charge < -0.3 is 20.5 Å². The smallest absolute Gasteiger partial charge is 0.332 e. The van der Waals surface area contributed by atoms with Crippen molar-refractivity contribution in [2.45, 2.75) is 56.8 Å². The molecule has 0 spiro atoms. The topological polar surface area (TPSA) is 105 Å². The first-order valence-corrected chi connectivity index (χ1v) is 7.01. The van der Waals surface area contributed by atoms with E-state index in [0.717, 1.165) is 12.8 Å². The number of amides is 2. The van der Waals surface area contributed by atoms with Crippen molar-refractivity contribution < 1.29 is 24.2 Å². The molecule has 0 aromatic rings. The Hall–Kier alpha value is -1.63. The number of hydrogen-bond acceptors (Lipinski definition) is 4. The number of nitrogens with one attached hydrogen (secondary N) is 2. The first kappa shape index (κ1) is 14.8. The fourth-order valence-corrected chi connectivity index (χ4v) is 2.11. The van der Waals surface area contributed by atoms with Gasteiger partial charge in [-0.2, -0.15) is 0 Å². The third-order valence-electron chi connectivity index (χ3n) is 3.41. The predicted molar refractivity (Wildman–Crippen MR) is 68.9 cm³/mol. The third-order valence-corrected chi connectivity index (χ3v) is 3.41. The molecule has 112 valence electrons. The van der Waals surface area contributed by atoms with Gasteiger partial charge in [-0.15, -0.1) is 0 Å². The molecule has 0 aromatic heterocycles. The summed E-state index contributed by atoms with van der Waals surface area (Å²) in [5.74, 6) is -1.31. The Bertz CT molecular complexity index is 394. The number of carbonyl (C=O) groups is 3. The average Bonchev–Trinajstić information content (AvgIpc) is 3.07. The van der Waals surface area contributed by atoms with Gasteiger partial charge in [0.2, 0.25) is 11.8 Å². The van der Waals surface area contributed by atoms with E-state index in [9.17, 15) is 14.4 Å². The van der Waals surface area contributed by atoms with Crippen LogP contribution in [0.5, 0.6) is 0 Å². The van der Waals surface area contributed by atoms with E-state index < -0.39 is 18.2 Å². The standard InChI is InChI=1S/C13H20N2O5/c16-11(15-8-3-4-8)2-1-7-14-12(17)9-5-6-10(20-9)13(18)19/h8-10H,1-7H2,(H,14,17)(H,15,16)(H,18,19)/t9-,10+/m0/s1. The summed E-state index contributed by atoms with van der Waals surface area (Å²) < 4.78 is 5.13. The first-order chi connectivity index (χ1) is 9.56. The normalized spacial score (nSPS) is 25.2. The van der Waals surface area contributed by atoms with Crippen molar-refractivity contribution in [1.29, 1.82) is 0 Å². The zero-order chi connectivity index (χ0) is 14.5. The number of ether oxygens (including phenoxy) is 1. The van der Waals surface area contributed by atoms with Crippen molar-refractivity contribution in [2.24, 2.45) is 0 Å². The molecule has 1 saturated carbocycles. The van der Waals surface area contributed by atoms with Crippen molar-refractivity contribution in [3.05, 3.63) is 0 Å². The second kappa shape index (κ2) is 6.69. The second-order valence-corrected chi connectivity index (χ2v) is 5.27. The molecule has 1 heterocycles. The summed E-state index contributed by atoms with van der Waals surface area (Å²) in [4.78, 5) is 33.8. The molecule has 0 aromatic carbocycles. The molecule has 2 rings (SSSR count). The van der Waals surface area contributed by atoms with Gasteiger partial charge in [0, 0.05) is 19.0 Å². The van der Waals surface area contributed by atoms with Gasteiger partial charge in [-0.25, -0.2) is 4.79 Å². The van der Waals surface area contributed by atoms with Gasteiger partial charge in [-0.3, -0.25) is 9.59 Å². The van der Waals surface area contributed by atoms with Gasteiger partial charge >= 0.3 is 5.97 Å². The Labute approximate surface area is 117 Å². The third kappa shape index (κ3) is 4.48. The van der Waals surface area contributed by atoms with Crippen LogP contribution in [0.1, 0.15) is 38.5 Å². The lowest BCUT2D eigenvalue weighted by molar-refractivity contribution is -0.151. The molecule has 1 saturated heterocycles. The van der Waals surface area contributed by atoms with Crippen LogP contribution in [0, 0.1) is 0 Å². The molecule has 7 nitrogen and oxygen atoms in total. The molecule has 0 radical (unpaired) electrons. The Morgan fingerprint density at radius 3 is 2.40 bits per heavy atom. The van der Waals surface area contributed by atoms with Crippen molar-refractivity contribution >= 4 is 17.8 Å². The summed E-state index contributed by atoms with van der Waals surface area (Å²) in [5, 5.41) is 14.3. The fourth-order valence-electron chi connectivity index (χ4n) is 2.11. The van der Waals surface area contributed by atoms with Crippen molar-refractivity contribution in [3.8, 4) is 0 Å².